The van der Waals surface area contributed by atoms with E-state index in [9.17, 15) is 0 Å². The Labute approximate surface area is 324 Å². The summed E-state index contributed by atoms with van der Waals surface area (Å²) in [5.41, 5.74) is 12.7. The van der Waals surface area contributed by atoms with Crippen molar-refractivity contribution in [1.29, 1.82) is 0 Å². The number of amidine groups is 1. The lowest BCUT2D eigenvalue weighted by Gasteiger charge is -2.32. The van der Waals surface area contributed by atoms with Crippen LogP contribution in [-0.4, -0.2) is 15.0 Å². The number of nitrogens with one attached hydrogen (secondary N) is 2. The van der Waals surface area contributed by atoms with Gasteiger partial charge < -0.3 is 14.5 Å². The third-order valence-corrected chi connectivity index (χ3v) is 11.2. The number of rotatable bonds is 6. The molecule has 0 spiro atoms. The number of aromatic nitrogens is 2. The molecule has 1 aliphatic heterocycles. The Hall–Kier alpha value is -7.21. The third kappa shape index (κ3) is 5.40. The van der Waals surface area contributed by atoms with Crippen LogP contribution in [0.3, 0.4) is 0 Å². The van der Waals surface area contributed by atoms with Gasteiger partial charge in [0.05, 0.1) is 22.1 Å². The number of nitrogens with zero attached hydrogens (tertiary/aromatic N) is 3. The molecule has 0 amide bonds. The molecule has 11 rings (SSSR count). The summed E-state index contributed by atoms with van der Waals surface area (Å²) >= 11 is 0. The van der Waals surface area contributed by atoms with Gasteiger partial charge in [-0.1, -0.05) is 146 Å². The number of fused-ring (bicyclic) bond motifs is 6. The molecule has 56 heavy (non-hydrogen) atoms. The van der Waals surface area contributed by atoms with E-state index in [1.165, 1.54) is 49.2 Å². The fourth-order valence-corrected chi connectivity index (χ4v) is 8.54. The molecule has 266 valence electrons. The van der Waals surface area contributed by atoms with Crippen molar-refractivity contribution in [2.75, 3.05) is 0 Å². The van der Waals surface area contributed by atoms with Crippen molar-refractivity contribution in [2.45, 2.75) is 12.3 Å². The van der Waals surface area contributed by atoms with E-state index in [0.29, 0.717) is 0 Å². The van der Waals surface area contributed by atoms with E-state index in [1.807, 2.05) is 0 Å². The van der Waals surface area contributed by atoms with Crippen molar-refractivity contribution in [2.24, 2.45) is 4.99 Å². The molecule has 0 fully saturated rings. The molecule has 2 N–H and O–H groups in total. The molecular weight excluding hydrogens is 683 g/mol. The number of hydrogen-bond donors (Lipinski definition) is 2. The lowest BCUT2D eigenvalue weighted by atomic mass is 10.0. The predicted molar refractivity (Wildman–Crippen MR) is 232 cm³/mol. The van der Waals surface area contributed by atoms with Gasteiger partial charge in [0, 0.05) is 38.5 Å². The van der Waals surface area contributed by atoms with Gasteiger partial charge in [0.15, 0.2) is 0 Å². The highest BCUT2D eigenvalue weighted by molar-refractivity contribution is 6.19. The molecule has 0 saturated carbocycles. The van der Waals surface area contributed by atoms with Crippen LogP contribution in [0.4, 0.5) is 0 Å². The first-order chi connectivity index (χ1) is 27.8. The molecule has 0 bridgehead atoms. The van der Waals surface area contributed by atoms with E-state index >= 15 is 0 Å². The maximum atomic E-state index is 5.22. The SMILES string of the molecule is c1ccc(-c2cccc(C3=NC(c4ccccc4)NC(c4ccc(-n5c6ccccc6c6cc7c8ccccc8n(-c8ccccc8)c7cc65)cc4)N3)c2)cc1. The fourth-order valence-electron chi connectivity index (χ4n) is 8.54. The summed E-state index contributed by atoms with van der Waals surface area (Å²) in [4.78, 5) is 5.22. The summed E-state index contributed by atoms with van der Waals surface area (Å²) < 4.78 is 4.81. The van der Waals surface area contributed by atoms with Crippen LogP contribution >= 0.6 is 0 Å². The average Bonchev–Trinajstić information content (AvgIpc) is 3.78. The Balaban J connectivity index is 1.02. The second-order valence-electron chi connectivity index (χ2n) is 14.5. The predicted octanol–water partition coefficient (Wildman–Crippen LogP) is 11.9. The smallest absolute Gasteiger partial charge is 0.131 e. The van der Waals surface area contributed by atoms with E-state index in [0.717, 1.165) is 39.5 Å². The Bertz CT molecular complexity index is 3070. The quantitative estimate of drug-likeness (QED) is 0.180. The number of benzene rings is 8. The average molecular weight is 720 g/mol. The summed E-state index contributed by atoms with van der Waals surface area (Å²) in [6.45, 7) is 0. The van der Waals surface area contributed by atoms with Gasteiger partial charge in [-0.15, -0.1) is 0 Å². The van der Waals surface area contributed by atoms with Crippen LogP contribution in [0.25, 0.3) is 66.1 Å². The van der Waals surface area contributed by atoms with Crippen LogP contribution in [0, 0.1) is 0 Å². The topological polar surface area (TPSA) is 46.3 Å². The van der Waals surface area contributed by atoms with E-state index in [2.05, 4.69) is 220 Å². The molecule has 8 aromatic carbocycles. The highest BCUT2D eigenvalue weighted by Crippen LogP contribution is 2.40. The van der Waals surface area contributed by atoms with Crippen LogP contribution in [0.15, 0.2) is 205 Å². The molecule has 2 unspecified atom stereocenters. The molecule has 2 atom stereocenters. The van der Waals surface area contributed by atoms with Crippen molar-refractivity contribution in [1.82, 2.24) is 19.8 Å². The molecule has 0 saturated heterocycles. The van der Waals surface area contributed by atoms with Crippen molar-refractivity contribution in [3.05, 3.63) is 217 Å². The Morgan fingerprint density at radius 1 is 0.375 bits per heavy atom. The van der Waals surface area contributed by atoms with Gasteiger partial charge in [0.25, 0.3) is 0 Å². The van der Waals surface area contributed by atoms with E-state index in [4.69, 9.17) is 4.99 Å². The second kappa shape index (κ2) is 13.3. The van der Waals surface area contributed by atoms with Gasteiger partial charge in [-0.05, 0) is 76.9 Å². The minimum Gasteiger partial charge on any atom is -0.350 e. The fraction of sp³-hybridized carbons (Fsp3) is 0.0392. The van der Waals surface area contributed by atoms with Crippen LogP contribution in [0.2, 0.25) is 0 Å². The Morgan fingerprint density at radius 2 is 0.911 bits per heavy atom. The lowest BCUT2D eigenvalue weighted by molar-refractivity contribution is 0.409. The van der Waals surface area contributed by atoms with Crippen molar-refractivity contribution >= 4 is 49.4 Å². The number of hydrogen-bond acceptors (Lipinski definition) is 3. The lowest BCUT2D eigenvalue weighted by Crippen LogP contribution is -2.44. The van der Waals surface area contributed by atoms with E-state index in [1.54, 1.807) is 0 Å². The van der Waals surface area contributed by atoms with Crippen molar-refractivity contribution < 1.29 is 0 Å². The minimum absolute atomic E-state index is 0.165. The summed E-state index contributed by atoms with van der Waals surface area (Å²) in [5, 5.41) is 12.5. The Kier molecular flexibility index (Phi) is 7.64. The van der Waals surface area contributed by atoms with Crippen LogP contribution < -0.4 is 10.6 Å². The molecule has 0 radical (unpaired) electrons. The first kappa shape index (κ1) is 32.2. The van der Waals surface area contributed by atoms with Gasteiger partial charge >= 0.3 is 0 Å². The van der Waals surface area contributed by atoms with E-state index in [-0.39, 0.29) is 12.3 Å². The summed E-state index contributed by atoms with van der Waals surface area (Å²) in [6.07, 6.45) is -0.380. The van der Waals surface area contributed by atoms with E-state index < -0.39 is 0 Å². The first-order valence-electron chi connectivity index (χ1n) is 19.2. The molecule has 10 aromatic rings. The normalized spacial score (nSPS) is 15.7. The van der Waals surface area contributed by atoms with Crippen LogP contribution in [0.1, 0.15) is 29.0 Å². The zero-order valence-electron chi connectivity index (χ0n) is 30.5. The monoisotopic (exact) mass is 719 g/mol. The molecule has 2 aromatic heterocycles. The molecule has 0 aliphatic carbocycles. The van der Waals surface area contributed by atoms with Gasteiger partial charge in [0.1, 0.15) is 18.2 Å². The van der Waals surface area contributed by atoms with Gasteiger partial charge in [-0.3, -0.25) is 5.32 Å². The number of para-hydroxylation sites is 3. The summed E-state index contributed by atoms with van der Waals surface area (Å²) in [7, 11) is 0. The van der Waals surface area contributed by atoms with Crippen molar-refractivity contribution in [3.63, 3.8) is 0 Å². The van der Waals surface area contributed by atoms with Gasteiger partial charge in [-0.25, -0.2) is 4.99 Å². The zero-order chi connectivity index (χ0) is 37.0. The van der Waals surface area contributed by atoms with Crippen molar-refractivity contribution in [3.8, 4) is 22.5 Å². The second-order valence-corrected chi connectivity index (χ2v) is 14.5. The molecular formula is C51H37N5. The molecule has 3 heterocycles. The zero-order valence-corrected chi connectivity index (χ0v) is 30.5. The van der Waals surface area contributed by atoms with Gasteiger partial charge in [-0.2, -0.15) is 0 Å². The minimum atomic E-state index is -0.214. The molecule has 5 heteroatoms. The maximum Gasteiger partial charge on any atom is 0.131 e. The Morgan fingerprint density at radius 3 is 1.57 bits per heavy atom. The number of aliphatic imine (C=N–C) groups is 1. The van der Waals surface area contributed by atoms with Gasteiger partial charge in [0.2, 0.25) is 0 Å². The molecule has 5 nitrogen and oxygen atoms in total. The third-order valence-electron chi connectivity index (χ3n) is 11.2. The first-order valence-corrected chi connectivity index (χ1v) is 19.2. The maximum absolute atomic E-state index is 5.22. The summed E-state index contributed by atoms with van der Waals surface area (Å²) in [6, 6.07) is 71.6. The molecule has 1 aliphatic rings. The van der Waals surface area contributed by atoms with Crippen LogP contribution in [0.5, 0.6) is 0 Å². The van der Waals surface area contributed by atoms with Crippen LogP contribution in [-0.2, 0) is 0 Å². The highest BCUT2D eigenvalue weighted by Gasteiger charge is 2.26. The standard InChI is InChI=1S/C51H37N5/c1-4-15-34(16-5-1)37-19-14-20-38(31-37)51-53-49(35-17-6-2-7-18-35)52-50(54-51)36-27-29-40(30-28-36)56-46-26-13-11-24-42(46)44-32-43-41-23-10-12-25-45(41)55(47(43)33-48(44)56)39-21-8-3-9-22-39/h1-33,49-50,52H,(H,53,54). The highest BCUT2D eigenvalue weighted by atomic mass is 15.3. The summed E-state index contributed by atoms with van der Waals surface area (Å²) in [5.74, 6) is 0.865. The largest absolute Gasteiger partial charge is 0.350 e.